The van der Waals surface area contributed by atoms with E-state index in [4.69, 9.17) is 0 Å². The number of aryl methyl sites for hydroxylation is 1. The van der Waals surface area contributed by atoms with Gasteiger partial charge in [-0.25, -0.2) is 0 Å². The summed E-state index contributed by atoms with van der Waals surface area (Å²) in [6.45, 7) is 4.70. The van der Waals surface area contributed by atoms with Crippen LogP contribution in [0.2, 0.25) is 0 Å². The molecule has 1 aromatic carbocycles. The van der Waals surface area contributed by atoms with Crippen LogP contribution in [0.25, 0.3) is 0 Å². The summed E-state index contributed by atoms with van der Waals surface area (Å²) < 4.78 is 0. The zero-order valence-electron chi connectivity index (χ0n) is 11.3. The molecule has 1 nitrogen and oxygen atoms in total. The monoisotopic (exact) mass is 241 g/mol. The first kappa shape index (κ1) is 11.8. The summed E-state index contributed by atoms with van der Waals surface area (Å²) in [5, 5.41) is 0. The van der Waals surface area contributed by atoms with Crippen molar-refractivity contribution in [3.63, 3.8) is 0 Å². The summed E-state index contributed by atoms with van der Waals surface area (Å²) >= 11 is 0. The molecule has 0 saturated carbocycles. The van der Waals surface area contributed by atoms with E-state index in [1.807, 2.05) is 0 Å². The number of nitrogens with zero attached hydrogens (tertiary/aromatic N) is 1. The first-order chi connectivity index (χ1) is 8.88. The van der Waals surface area contributed by atoms with Crippen LogP contribution in [0.5, 0.6) is 0 Å². The van der Waals surface area contributed by atoms with Crippen molar-refractivity contribution in [3.05, 3.63) is 47.7 Å². The van der Waals surface area contributed by atoms with Crippen molar-refractivity contribution in [1.82, 2.24) is 4.90 Å². The molecule has 3 rings (SSSR count). The molecule has 1 fully saturated rings. The number of likely N-dealkylation sites (tertiary alicyclic amines) is 1. The highest BCUT2D eigenvalue weighted by Gasteiger charge is 2.33. The predicted molar refractivity (Wildman–Crippen MR) is 76.6 cm³/mol. The van der Waals surface area contributed by atoms with E-state index in [1.54, 1.807) is 11.1 Å². The van der Waals surface area contributed by atoms with Gasteiger partial charge in [-0.2, -0.15) is 0 Å². The van der Waals surface area contributed by atoms with Gasteiger partial charge in [0.25, 0.3) is 0 Å². The Morgan fingerprint density at radius 1 is 1.28 bits per heavy atom. The highest BCUT2D eigenvalue weighted by molar-refractivity contribution is 5.34. The second-order valence-electron chi connectivity index (χ2n) is 5.68. The standard InChI is InChI=1S/C17H23N/c1-2-3-11-18-12-10-17-15(13-18)9-8-14-6-4-5-7-16(14)17/h3-7,11,15,17H,2,8-10,12-13H2,1H3. The molecule has 1 aromatic rings. The Hall–Kier alpha value is -1.24. The maximum Gasteiger partial charge on any atom is 0.0206 e. The lowest BCUT2D eigenvalue weighted by molar-refractivity contribution is 0.187. The van der Waals surface area contributed by atoms with Crippen molar-refractivity contribution in [1.29, 1.82) is 0 Å². The van der Waals surface area contributed by atoms with Gasteiger partial charge in [0.1, 0.15) is 0 Å². The van der Waals surface area contributed by atoms with Crippen molar-refractivity contribution < 1.29 is 0 Å². The molecule has 18 heavy (non-hydrogen) atoms. The van der Waals surface area contributed by atoms with Crippen LogP contribution < -0.4 is 0 Å². The summed E-state index contributed by atoms with van der Waals surface area (Å²) in [5.74, 6) is 1.69. The third kappa shape index (κ3) is 2.19. The molecule has 2 unspecified atom stereocenters. The van der Waals surface area contributed by atoms with Crippen molar-refractivity contribution in [2.45, 2.75) is 38.5 Å². The van der Waals surface area contributed by atoms with E-state index in [0.29, 0.717) is 0 Å². The molecule has 0 aromatic heterocycles. The van der Waals surface area contributed by atoms with Crippen LogP contribution in [-0.2, 0) is 6.42 Å². The van der Waals surface area contributed by atoms with Crippen LogP contribution in [-0.4, -0.2) is 18.0 Å². The number of hydrogen-bond acceptors (Lipinski definition) is 1. The lowest BCUT2D eigenvalue weighted by Crippen LogP contribution is -2.38. The molecule has 1 aliphatic heterocycles. The quantitative estimate of drug-likeness (QED) is 0.757. The minimum atomic E-state index is 0.821. The second kappa shape index (κ2) is 5.17. The maximum absolute atomic E-state index is 2.53. The molecule has 0 spiro atoms. The summed E-state index contributed by atoms with van der Waals surface area (Å²) in [6.07, 6.45) is 9.73. The number of benzene rings is 1. The minimum Gasteiger partial charge on any atom is -0.377 e. The summed E-state index contributed by atoms with van der Waals surface area (Å²) in [7, 11) is 0. The molecular weight excluding hydrogens is 218 g/mol. The van der Waals surface area contributed by atoms with Crippen LogP contribution in [0.15, 0.2) is 36.5 Å². The Morgan fingerprint density at radius 3 is 3.06 bits per heavy atom. The van der Waals surface area contributed by atoms with E-state index >= 15 is 0 Å². The van der Waals surface area contributed by atoms with Gasteiger partial charge in [-0.1, -0.05) is 37.3 Å². The van der Waals surface area contributed by atoms with Crippen molar-refractivity contribution in [3.8, 4) is 0 Å². The van der Waals surface area contributed by atoms with Gasteiger partial charge >= 0.3 is 0 Å². The SMILES string of the molecule is CCC=CN1CCC2c3ccccc3CCC2C1. The molecule has 0 N–H and O–H groups in total. The van der Waals surface area contributed by atoms with Crippen molar-refractivity contribution in [2.75, 3.05) is 13.1 Å². The van der Waals surface area contributed by atoms with E-state index in [-0.39, 0.29) is 0 Å². The Labute approximate surface area is 111 Å². The van der Waals surface area contributed by atoms with E-state index in [9.17, 15) is 0 Å². The van der Waals surface area contributed by atoms with Crippen molar-refractivity contribution in [2.24, 2.45) is 5.92 Å². The average Bonchev–Trinajstić information content (AvgIpc) is 2.44. The highest BCUT2D eigenvalue weighted by Crippen LogP contribution is 2.41. The second-order valence-corrected chi connectivity index (χ2v) is 5.68. The van der Waals surface area contributed by atoms with Crippen LogP contribution in [0, 0.1) is 5.92 Å². The highest BCUT2D eigenvalue weighted by atomic mass is 15.1. The van der Waals surface area contributed by atoms with E-state index in [1.165, 1.54) is 32.4 Å². The van der Waals surface area contributed by atoms with Crippen LogP contribution >= 0.6 is 0 Å². The molecule has 1 heteroatoms. The topological polar surface area (TPSA) is 3.24 Å². The number of allylic oxidation sites excluding steroid dienone is 1. The molecule has 96 valence electrons. The average molecular weight is 241 g/mol. The van der Waals surface area contributed by atoms with Gasteiger partial charge in [0.05, 0.1) is 0 Å². The summed E-state index contributed by atoms with van der Waals surface area (Å²) in [5.41, 5.74) is 3.25. The smallest absolute Gasteiger partial charge is 0.0206 e. The largest absolute Gasteiger partial charge is 0.377 e. The van der Waals surface area contributed by atoms with Crippen LogP contribution in [0.1, 0.15) is 43.2 Å². The summed E-state index contributed by atoms with van der Waals surface area (Å²) in [6, 6.07) is 9.10. The normalized spacial score (nSPS) is 27.1. The van der Waals surface area contributed by atoms with Gasteiger partial charge in [-0.05, 0) is 54.8 Å². The third-order valence-electron chi connectivity index (χ3n) is 4.56. The van der Waals surface area contributed by atoms with Gasteiger partial charge in [0, 0.05) is 13.1 Å². The molecular formula is C17H23N. The molecule has 1 saturated heterocycles. The summed E-state index contributed by atoms with van der Waals surface area (Å²) in [4.78, 5) is 2.53. The zero-order valence-corrected chi connectivity index (χ0v) is 11.3. The first-order valence-electron chi connectivity index (χ1n) is 7.37. The Kier molecular flexibility index (Phi) is 3.40. The Balaban J connectivity index is 1.76. The Bertz CT molecular complexity index is 435. The molecule has 2 atom stereocenters. The number of rotatable bonds is 2. The number of hydrogen-bond donors (Lipinski definition) is 0. The zero-order chi connectivity index (χ0) is 12.4. The van der Waals surface area contributed by atoms with Gasteiger partial charge in [-0.15, -0.1) is 0 Å². The number of fused-ring (bicyclic) bond motifs is 3. The lowest BCUT2D eigenvalue weighted by Gasteiger charge is -2.42. The molecule has 1 aliphatic carbocycles. The molecule has 0 radical (unpaired) electrons. The van der Waals surface area contributed by atoms with Gasteiger partial charge < -0.3 is 4.90 Å². The third-order valence-corrected chi connectivity index (χ3v) is 4.56. The van der Waals surface area contributed by atoms with Crippen molar-refractivity contribution >= 4 is 0 Å². The first-order valence-corrected chi connectivity index (χ1v) is 7.37. The fraction of sp³-hybridized carbons (Fsp3) is 0.529. The maximum atomic E-state index is 2.53. The molecule has 2 aliphatic rings. The van der Waals surface area contributed by atoms with E-state index < -0.39 is 0 Å². The molecule has 1 heterocycles. The fourth-order valence-corrected chi connectivity index (χ4v) is 3.62. The number of piperidine rings is 1. The minimum absolute atomic E-state index is 0.821. The van der Waals surface area contributed by atoms with Gasteiger partial charge in [-0.3, -0.25) is 0 Å². The predicted octanol–water partition coefficient (Wildman–Crippen LogP) is 3.96. The Morgan fingerprint density at radius 2 is 2.17 bits per heavy atom. The fourth-order valence-electron chi connectivity index (χ4n) is 3.62. The van der Waals surface area contributed by atoms with Gasteiger partial charge in [0.2, 0.25) is 0 Å². The van der Waals surface area contributed by atoms with Crippen LogP contribution in [0.4, 0.5) is 0 Å². The van der Waals surface area contributed by atoms with Gasteiger partial charge in [0.15, 0.2) is 0 Å². The lowest BCUT2D eigenvalue weighted by atomic mass is 9.71. The van der Waals surface area contributed by atoms with E-state index in [0.717, 1.165) is 18.3 Å². The molecule has 0 amide bonds. The van der Waals surface area contributed by atoms with Crippen LogP contribution in [0.3, 0.4) is 0 Å². The molecule has 0 bridgehead atoms. The van der Waals surface area contributed by atoms with E-state index in [2.05, 4.69) is 48.4 Å².